The summed E-state index contributed by atoms with van der Waals surface area (Å²) >= 11 is 0. The molecule has 0 radical (unpaired) electrons. The number of nitrogen functional groups attached to an aromatic ring is 1. The molecule has 0 unspecified atom stereocenters. The molecule has 0 aliphatic rings. The van der Waals surface area contributed by atoms with E-state index in [1.807, 2.05) is 13.0 Å². The summed E-state index contributed by atoms with van der Waals surface area (Å²) in [6.07, 6.45) is 0.953. The third-order valence-electron chi connectivity index (χ3n) is 1.92. The molecule has 66 valence electrons. The molecule has 0 aliphatic heterocycles. The normalized spacial score (nSPS) is 9.92. The number of methoxy groups -OCH3 is 1. The molecule has 2 heteroatoms. The number of nitrogens with two attached hydrogens (primary N) is 1. The average molecular weight is 165 g/mol. The zero-order valence-electron chi connectivity index (χ0n) is 7.85. The molecule has 0 spiro atoms. The molecule has 1 aromatic carbocycles. The summed E-state index contributed by atoms with van der Waals surface area (Å²) in [6, 6.07) is 4.03. The smallest absolute Gasteiger partial charge is 0.144 e. The Bertz CT molecular complexity index is 281. The predicted molar refractivity (Wildman–Crippen MR) is 51.5 cm³/mol. The van der Waals surface area contributed by atoms with E-state index in [1.165, 1.54) is 11.1 Å². The third-order valence-corrected chi connectivity index (χ3v) is 1.92. The van der Waals surface area contributed by atoms with Gasteiger partial charge in [-0.2, -0.15) is 0 Å². The molecule has 0 amide bonds. The van der Waals surface area contributed by atoms with E-state index in [0.717, 1.165) is 17.9 Å². The van der Waals surface area contributed by atoms with Crippen LogP contribution in [-0.2, 0) is 6.42 Å². The first-order chi connectivity index (χ1) is 5.69. The van der Waals surface area contributed by atoms with E-state index in [-0.39, 0.29) is 0 Å². The van der Waals surface area contributed by atoms with E-state index in [9.17, 15) is 0 Å². The Hall–Kier alpha value is -1.18. The highest BCUT2D eigenvalue weighted by Gasteiger charge is 2.05. The van der Waals surface area contributed by atoms with Crippen molar-refractivity contribution in [2.24, 2.45) is 0 Å². The van der Waals surface area contributed by atoms with Crippen molar-refractivity contribution in [1.29, 1.82) is 0 Å². The molecule has 1 aromatic rings. The molecule has 0 bridgehead atoms. The number of benzene rings is 1. The third kappa shape index (κ3) is 1.52. The molecule has 1 rings (SSSR count). The second kappa shape index (κ2) is 3.48. The van der Waals surface area contributed by atoms with Crippen LogP contribution in [-0.4, -0.2) is 7.11 Å². The largest absolute Gasteiger partial charge is 0.494 e. The minimum Gasteiger partial charge on any atom is -0.494 e. The lowest BCUT2D eigenvalue weighted by Gasteiger charge is -2.10. The highest BCUT2D eigenvalue weighted by molar-refractivity contribution is 5.58. The molecule has 12 heavy (non-hydrogen) atoms. The molecule has 2 N–H and O–H groups in total. The quantitative estimate of drug-likeness (QED) is 0.681. The van der Waals surface area contributed by atoms with Crippen molar-refractivity contribution < 1.29 is 4.74 Å². The molecule has 0 fully saturated rings. The Labute approximate surface area is 73.3 Å². The van der Waals surface area contributed by atoms with Gasteiger partial charge in [0.1, 0.15) is 5.75 Å². The van der Waals surface area contributed by atoms with Gasteiger partial charge in [-0.25, -0.2) is 0 Å². The van der Waals surface area contributed by atoms with Gasteiger partial charge in [-0.1, -0.05) is 13.0 Å². The fourth-order valence-corrected chi connectivity index (χ4v) is 1.39. The van der Waals surface area contributed by atoms with Crippen molar-refractivity contribution in [3.05, 3.63) is 23.3 Å². The first kappa shape index (κ1) is 8.91. The fraction of sp³-hybridized carbons (Fsp3) is 0.400. The molecule has 2 nitrogen and oxygen atoms in total. The summed E-state index contributed by atoms with van der Waals surface area (Å²) in [5.41, 5.74) is 8.88. The zero-order chi connectivity index (χ0) is 9.14. The lowest BCUT2D eigenvalue weighted by atomic mass is 10.1. The van der Waals surface area contributed by atoms with Gasteiger partial charge in [0.15, 0.2) is 0 Å². The minimum atomic E-state index is 0.731. The van der Waals surface area contributed by atoms with Gasteiger partial charge in [-0.05, 0) is 30.5 Å². The molecule has 0 saturated heterocycles. The maximum atomic E-state index is 5.78. The monoisotopic (exact) mass is 165 g/mol. The Kier molecular flexibility index (Phi) is 2.58. The first-order valence-electron chi connectivity index (χ1n) is 4.12. The van der Waals surface area contributed by atoms with E-state index in [2.05, 4.69) is 13.0 Å². The summed E-state index contributed by atoms with van der Waals surface area (Å²) in [5.74, 6) is 0.822. The Morgan fingerprint density at radius 1 is 1.42 bits per heavy atom. The molecule has 0 aromatic heterocycles. The molecular weight excluding hydrogens is 150 g/mol. The van der Waals surface area contributed by atoms with E-state index >= 15 is 0 Å². The number of rotatable bonds is 2. The van der Waals surface area contributed by atoms with Crippen LogP contribution in [0.1, 0.15) is 18.1 Å². The second-order valence-electron chi connectivity index (χ2n) is 2.90. The summed E-state index contributed by atoms with van der Waals surface area (Å²) in [7, 11) is 1.65. The van der Waals surface area contributed by atoms with Crippen LogP contribution in [0.2, 0.25) is 0 Å². The van der Waals surface area contributed by atoms with Crippen LogP contribution in [0, 0.1) is 6.92 Å². The lowest BCUT2D eigenvalue weighted by molar-refractivity contribution is 0.412. The zero-order valence-corrected chi connectivity index (χ0v) is 7.85. The first-order valence-corrected chi connectivity index (χ1v) is 4.12. The van der Waals surface area contributed by atoms with Crippen LogP contribution in [0.4, 0.5) is 5.69 Å². The van der Waals surface area contributed by atoms with Crippen molar-refractivity contribution in [2.45, 2.75) is 20.3 Å². The van der Waals surface area contributed by atoms with E-state index in [0.29, 0.717) is 0 Å². The molecule has 0 saturated carbocycles. The van der Waals surface area contributed by atoms with E-state index < -0.39 is 0 Å². The Morgan fingerprint density at radius 2 is 2.08 bits per heavy atom. The van der Waals surface area contributed by atoms with Crippen molar-refractivity contribution >= 4 is 5.69 Å². The van der Waals surface area contributed by atoms with Crippen LogP contribution in [0.3, 0.4) is 0 Å². The van der Waals surface area contributed by atoms with Crippen LogP contribution >= 0.6 is 0 Å². The van der Waals surface area contributed by atoms with Gasteiger partial charge in [0, 0.05) is 0 Å². The number of ether oxygens (including phenoxy) is 1. The minimum absolute atomic E-state index is 0.731. The van der Waals surface area contributed by atoms with Gasteiger partial charge in [0.25, 0.3) is 0 Å². The SMILES string of the molecule is CCc1cc(C)cc(N)c1OC. The van der Waals surface area contributed by atoms with Gasteiger partial charge >= 0.3 is 0 Å². The Morgan fingerprint density at radius 3 is 2.58 bits per heavy atom. The van der Waals surface area contributed by atoms with Crippen molar-refractivity contribution in [3.8, 4) is 5.75 Å². The van der Waals surface area contributed by atoms with Crippen LogP contribution < -0.4 is 10.5 Å². The van der Waals surface area contributed by atoms with Gasteiger partial charge in [-0.3, -0.25) is 0 Å². The highest BCUT2D eigenvalue weighted by atomic mass is 16.5. The standard InChI is InChI=1S/C10H15NO/c1-4-8-5-7(2)6-9(11)10(8)12-3/h5-6H,4,11H2,1-3H3. The van der Waals surface area contributed by atoms with Gasteiger partial charge in [0.05, 0.1) is 12.8 Å². The number of hydrogen-bond donors (Lipinski definition) is 1. The lowest BCUT2D eigenvalue weighted by Crippen LogP contribution is -1.97. The number of hydrogen-bond acceptors (Lipinski definition) is 2. The van der Waals surface area contributed by atoms with Crippen molar-refractivity contribution in [3.63, 3.8) is 0 Å². The van der Waals surface area contributed by atoms with E-state index in [1.54, 1.807) is 7.11 Å². The average Bonchev–Trinajstić information content (AvgIpc) is 2.03. The number of anilines is 1. The Balaban J connectivity index is 3.24. The van der Waals surface area contributed by atoms with Crippen molar-refractivity contribution in [2.75, 3.05) is 12.8 Å². The molecular formula is C10H15NO. The summed E-state index contributed by atoms with van der Waals surface area (Å²) in [4.78, 5) is 0. The van der Waals surface area contributed by atoms with Gasteiger partial charge < -0.3 is 10.5 Å². The summed E-state index contributed by atoms with van der Waals surface area (Å²) < 4.78 is 5.20. The summed E-state index contributed by atoms with van der Waals surface area (Å²) in [6.45, 7) is 4.13. The van der Waals surface area contributed by atoms with Crippen molar-refractivity contribution in [1.82, 2.24) is 0 Å². The maximum absolute atomic E-state index is 5.78. The fourth-order valence-electron chi connectivity index (χ4n) is 1.39. The van der Waals surface area contributed by atoms with E-state index in [4.69, 9.17) is 10.5 Å². The van der Waals surface area contributed by atoms with Gasteiger partial charge in [-0.15, -0.1) is 0 Å². The maximum Gasteiger partial charge on any atom is 0.144 e. The van der Waals surface area contributed by atoms with Gasteiger partial charge in [0.2, 0.25) is 0 Å². The van der Waals surface area contributed by atoms with Crippen LogP contribution in [0.25, 0.3) is 0 Å². The molecule has 0 heterocycles. The number of aryl methyl sites for hydroxylation is 2. The second-order valence-corrected chi connectivity index (χ2v) is 2.90. The molecule has 0 atom stereocenters. The predicted octanol–water partition coefficient (Wildman–Crippen LogP) is 2.15. The molecule has 0 aliphatic carbocycles. The van der Waals surface area contributed by atoms with Crippen LogP contribution in [0.15, 0.2) is 12.1 Å². The highest BCUT2D eigenvalue weighted by Crippen LogP contribution is 2.27. The topological polar surface area (TPSA) is 35.2 Å². The van der Waals surface area contributed by atoms with Crippen LogP contribution in [0.5, 0.6) is 5.75 Å². The summed E-state index contributed by atoms with van der Waals surface area (Å²) in [5, 5.41) is 0.